The highest BCUT2D eigenvalue weighted by Gasteiger charge is 1.80. The maximum Gasteiger partial charge on any atom is 0.290 e. The van der Waals surface area contributed by atoms with Gasteiger partial charge in [0.1, 0.15) is 0 Å². The molecule has 3 heteroatoms. The molecule has 1 aromatic rings. The van der Waals surface area contributed by atoms with Crippen LogP contribution in [0.5, 0.6) is 0 Å². The molecule has 0 aliphatic carbocycles. The van der Waals surface area contributed by atoms with Gasteiger partial charge >= 0.3 is 0 Å². The number of pyridine rings is 1. The first-order chi connectivity index (χ1) is 5.35. The van der Waals surface area contributed by atoms with Gasteiger partial charge in [-0.3, -0.25) is 9.78 Å². The van der Waals surface area contributed by atoms with E-state index in [0.717, 1.165) is 6.42 Å². The Morgan fingerprint density at radius 2 is 2.00 bits per heavy atom. The highest BCUT2D eigenvalue weighted by Crippen LogP contribution is 1.94. The van der Waals surface area contributed by atoms with Gasteiger partial charge in [-0.2, -0.15) is 0 Å². The average Bonchev–Trinajstić information content (AvgIpc) is 2.08. The van der Waals surface area contributed by atoms with E-state index < -0.39 is 0 Å². The summed E-state index contributed by atoms with van der Waals surface area (Å²) in [7, 11) is 0. The van der Waals surface area contributed by atoms with Gasteiger partial charge in [-0.05, 0) is 24.1 Å². The van der Waals surface area contributed by atoms with Crippen molar-refractivity contribution in [3.63, 3.8) is 0 Å². The van der Waals surface area contributed by atoms with Gasteiger partial charge in [0.2, 0.25) is 0 Å². The first kappa shape index (κ1) is 9.62. The molecule has 0 aromatic carbocycles. The van der Waals surface area contributed by atoms with Crippen LogP contribution in [0.1, 0.15) is 12.5 Å². The summed E-state index contributed by atoms with van der Waals surface area (Å²) in [6.07, 6.45) is 4.74. The number of aryl methyl sites for hydroxylation is 1. The summed E-state index contributed by atoms with van der Waals surface area (Å²) in [5.74, 6) is 0. The zero-order valence-corrected chi connectivity index (χ0v) is 6.40. The van der Waals surface area contributed by atoms with Crippen molar-refractivity contribution >= 4 is 6.47 Å². The molecular weight excluding hydrogens is 142 g/mol. The van der Waals surface area contributed by atoms with Crippen LogP contribution < -0.4 is 0 Å². The van der Waals surface area contributed by atoms with E-state index in [1.54, 1.807) is 0 Å². The van der Waals surface area contributed by atoms with Crippen LogP contribution in [0, 0.1) is 0 Å². The fourth-order valence-corrected chi connectivity index (χ4v) is 0.618. The quantitative estimate of drug-likeness (QED) is 0.619. The number of hydrogen-bond acceptors (Lipinski definition) is 2. The summed E-state index contributed by atoms with van der Waals surface area (Å²) in [6, 6.07) is 4.06. The second-order valence-electron chi connectivity index (χ2n) is 1.81. The lowest BCUT2D eigenvalue weighted by Crippen LogP contribution is -1.76. The first-order valence-electron chi connectivity index (χ1n) is 3.31. The highest BCUT2D eigenvalue weighted by atomic mass is 16.3. The molecule has 0 atom stereocenters. The van der Waals surface area contributed by atoms with Gasteiger partial charge in [0.15, 0.2) is 0 Å². The molecule has 60 valence electrons. The average molecular weight is 153 g/mol. The fourth-order valence-electron chi connectivity index (χ4n) is 0.618. The summed E-state index contributed by atoms with van der Waals surface area (Å²) in [5.41, 5.74) is 1.35. The van der Waals surface area contributed by atoms with Crippen LogP contribution in [0.4, 0.5) is 0 Å². The molecule has 0 spiro atoms. The molecule has 1 rings (SSSR count). The van der Waals surface area contributed by atoms with Gasteiger partial charge in [0.05, 0.1) is 0 Å². The summed E-state index contributed by atoms with van der Waals surface area (Å²) in [4.78, 5) is 12.3. The third-order valence-corrected chi connectivity index (χ3v) is 1.16. The van der Waals surface area contributed by atoms with Crippen LogP contribution in [-0.4, -0.2) is 16.6 Å². The molecule has 3 nitrogen and oxygen atoms in total. The maximum absolute atomic E-state index is 8.36. The molecule has 0 bridgehead atoms. The number of carboxylic acid groups (broad SMARTS) is 1. The Kier molecular flexibility index (Phi) is 5.89. The fraction of sp³-hybridized carbons (Fsp3) is 0.250. The molecule has 0 saturated carbocycles. The molecule has 0 saturated heterocycles. The molecule has 1 heterocycles. The zero-order valence-electron chi connectivity index (χ0n) is 6.40. The van der Waals surface area contributed by atoms with E-state index in [1.165, 1.54) is 5.56 Å². The third-order valence-electron chi connectivity index (χ3n) is 1.16. The Hall–Kier alpha value is -1.38. The summed E-state index contributed by atoms with van der Waals surface area (Å²) in [5, 5.41) is 6.89. The molecule has 0 aliphatic rings. The second-order valence-corrected chi connectivity index (χ2v) is 1.81. The molecule has 0 amide bonds. The maximum atomic E-state index is 8.36. The lowest BCUT2D eigenvalue weighted by molar-refractivity contribution is -0.122. The van der Waals surface area contributed by atoms with Crippen molar-refractivity contribution in [1.82, 2.24) is 4.98 Å². The Bertz CT molecular complexity index is 187. The van der Waals surface area contributed by atoms with Crippen LogP contribution in [0.2, 0.25) is 0 Å². The lowest BCUT2D eigenvalue weighted by atomic mass is 10.2. The number of rotatable bonds is 1. The van der Waals surface area contributed by atoms with E-state index >= 15 is 0 Å². The van der Waals surface area contributed by atoms with Crippen LogP contribution in [0.3, 0.4) is 0 Å². The molecule has 1 aromatic heterocycles. The minimum atomic E-state index is -0.250. The lowest BCUT2D eigenvalue weighted by Gasteiger charge is -1.89. The van der Waals surface area contributed by atoms with Crippen LogP contribution in [0.15, 0.2) is 24.5 Å². The highest BCUT2D eigenvalue weighted by molar-refractivity contribution is 5.32. The molecule has 0 radical (unpaired) electrons. The smallest absolute Gasteiger partial charge is 0.290 e. The molecular formula is C8H11NO2. The summed E-state index contributed by atoms with van der Waals surface area (Å²) in [6.45, 7) is 1.88. The second kappa shape index (κ2) is 6.74. The van der Waals surface area contributed by atoms with Crippen LogP contribution in [-0.2, 0) is 11.2 Å². The van der Waals surface area contributed by atoms with Crippen molar-refractivity contribution in [2.75, 3.05) is 0 Å². The Morgan fingerprint density at radius 3 is 2.27 bits per heavy atom. The minimum absolute atomic E-state index is 0.250. The molecule has 0 aliphatic heterocycles. The van der Waals surface area contributed by atoms with Crippen LogP contribution in [0.25, 0.3) is 0 Å². The number of hydrogen-bond donors (Lipinski definition) is 1. The van der Waals surface area contributed by atoms with Crippen molar-refractivity contribution < 1.29 is 9.90 Å². The summed E-state index contributed by atoms with van der Waals surface area (Å²) >= 11 is 0. The monoisotopic (exact) mass is 153 g/mol. The Labute approximate surface area is 65.7 Å². The van der Waals surface area contributed by atoms with Gasteiger partial charge < -0.3 is 5.11 Å². The van der Waals surface area contributed by atoms with Gasteiger partial charge in [0.25, 0.3) is 6.47 Å². The van der Waals surface area contributed by atoms with Crippen molar-refractivity contribution in [3.05, 3.63) is 30.1 Å². The van der Waals surface area contributed by atoms with Crippen molar-refractivity contribution in [1.29, 1.82) is 0 Å². The van der Waals surface area contributed by atoms with Crippen molar-refractivity contribution in [2.24, 2.45) is 0 Å². The Balaban J connectivity index is 0.000000292. The number of carbonyl (C=O) groups is 1. The van der Waals surface area contributed by atoms with E-state index in [1.807, 2.05) is 24.5 Å². The Morgan fingerprint density at radius 1 is 1.55 bits per heavy atom. The van der Waals surface area contributed by atoms with Gasteiger partial charge in [-0.15, -0.1) is 0 Å². The molecule has 1 N–H and O–H groups in total. The molecule has 11 heavy (non-hydrogen) atoms. The number of aromatic nitrogens is 1. The topological polar surface area (TPSA) is 50.2 Å². The standard InChI is InChI=1S/C7H9N.CH2O2/c1-2-7-3-5-8-6-4-7;2-1-3/h3-6H,2H2,1H3;1H,(H,2,3). The van der Waals surface area contributed by atoms with Gasteiger partial charge in [-0.1, -0.05) is 6.92 Å². The zero-order chi connectivity index (χ0) is 8.53. The first-order valence-corrected chi connectivity index (χ1v) is 3.31. The largest absolute Gasteiger partial charge is 0.483 e. The predicted octanol–water partition coefficient (Wildman–Crippen LogP) is 1.34. The van der Waals surface area contributed by atoms with Gasteiger partial charge in [0, 0.05) is 12.4 Å². The van der Waals surface area contributed by atoms with Gasteiger partial charge in [-0.25, -0.2) is 0 Å². The van der Waals surface area contributed by atoms with E-state index in [4.69, 9.17) is 9.90 Å². The van der Waals surface area contributed by atoms with E-state index in [-0.39, 0.29) is 6.47 Å². The minimum Gasteiger partial charge on any atom is -0.483 e. The third kappa shape index (κ3) is 5.08. The van der Waals surface area contributed by atoms with Crippen LogP contribution >= 0.6 is 0 Å². The van der Waals surface area contributed by atoms with E-state index in [2.05, 4.69) is 11.9 Å². The van der Waals surface area contributed by atoms with Crippen molar-refractivity contribution in [2.45, 2.75) is 13.3 Å². The van der Waals surface area contributed by atoms with E-state index in [0.29, 0.717) is 0 Å². The summed E-state index contributed by atoms with van der Waals surface area (Å²) < 4.78 is 0. The van der Waals surface area contributed by atoms with Crippen molar-refractivity contribution in [3.8, 4) is 0 Å². The molecule has 0 fully saturated rings. The normalized spacial score (nSPS) is 7.73. The molecule has 0 unspecified atom stereocenters. The predicted molar refractivity (Wildman–Crippen MR) is 42.3 cm³/mol. The number of nitrogens with zero attached hydrogens (tertiary/aromatic N) is 1. The van der Waals surface area contributed by atoms with E-state index in [9.17, 15) is 0 Å². The SMILES string of the molecule is CCc1ccncc1.O=CO.